The van der Waals surface area contributed by atoms with Gasteiger partial charge in [-0.25, -0.2) is 18.7 Å². The van der Waals surface area contributed by atoms with E-state index in [1.165, 1.54) is 24.3 Å². The predicted octanol–water partition coefficient (Wildman–Crippen LogP) is 7.51. The first kappa shape index (κ1) is 23.7. The van der Waals surface area contributed by atoms with Crippen LogP contribution in [0.3, 0.4) is 0 Å². The molecule has 2 aromatic carbocycles. The van der Waals surface area contributed by atoms with E-state index in [-0.39, 0.29) is 23.0 Å². The Labute approximate surface area is 193 Å². The van der Waals surface area contributed by atoms with Gasteiger partial charge in [0.25, 0.3) is 0 Å². The van der Waals surface area contributed by atoms with Gasteiger partial charge < -0.3 is 9.55 Å². The molecule has 0 spiro atoms. The minimum Gasteiger partial charge on any atom is -0.336 e. The molecule has 34 heavy (non-hydrogen) atoms. The van der Waals surface area contributed by atoms with E-state index in [4.69, 9.17) is 0 Å². The molecule has 1 N–H and O–H groups in total. The standard InChI is InChI=1S/C25H23F5N4/c1-14(24(2,3)4)34-12-19(31-13-34)22-21(15-8-10-16(26)11-9-15)32-23(33-22)20-17(25(28,29)30)6-5-7-18(20)27/h5-14H,1-4H3,(H,32,33)/t14-/m1/s1. The smallest absolute Gasteiger partial charge is 0.336 e. The molecular weight excluding hydrogens is 451 g/mol. The van der Waals surface area contributed by atoms with Gasteiger partial charge in [-0.15, -0.1) is 0 Å². The Hall–Kier alpha value is -3.49. The Bertz CT molecular complexity index is 1310. The van der Waals surface area contributed by atoms with Crippen LogP contribution in [0.5, 0.6) is 0 Å². The van der Waals surface area contributed by atoms with Crippen molar-refractivity contribution < 1.29 is 22.0 Å². The largest absolute Gasteiger partial charge is 0.417 e. The van der Waals surface area contributed by atoms with E-state index in [1.54, 1.807) is 12.5 Å². The number of nitrogens with zero attached hydrogens (tertiary/aromatic N) is 3. The van der Waals surface area contributed by atoms with Crippen molar-refractivity contribution in [1.82, 2.24) is 19.5 Å². The molecule has 0 saturated heterocycles. The van der Waals surface area contributed by atoms with Crippen molar-refractivity contribution >= 4 is 0 Å². The summed E-state index contributed by atoms with van der Waals surface area (Å²) in [5, 5.41) is 0. The molecule has 1 atom stereocenters. The molecule has 0 bridgehead atoms. The molecule has 4 rings (SSSR count). The van der Waals surface area contributed by atoms with E-state index >= 15 is 0 Å². The number of aromatic nitrogens is 4. The summed E-state index contributed by atoms with van der Waals surface area (Å²) in [5.41, 5.74) is -0.511. The number of halogens is 5. The van der Waals surface area contributed by atoms with Crippen LogP contribution in [0.25, 0.3) is 34.0 Å². The number of rotatable bonds is 4. The van der Waals surface area contributed by atoms with Gasteiger partial charge in [0.05, 0.1) is 28.8 Å². The van der Waals surface area contributed by atoms with Gasteiger partial charge in [-0.2, -0.15) is 13.2 Å². The Morgan fingerprint density at radius 3 is 2.26 bits per heavy atom. The molecule has 178 valence electrons. The third-order valence-electron chi connectivity index (χ3n) is 5.94. The minimum absolute atomic E-state index is 0.0637. The molecule has 4 aromatic rings. The zero-order valence-corrected chi connectivity index (χ0v) is 19.0. The van der Waals surface area contributed by atoms with E-state index in [2.05, 4.69) is 35.7 Å². The number of benzene rings is 2. The highest BCUT2D eigenvalue weighted by Crippen LogP contribution is 2.40. The van der Waals surface area contributed by atoms with Crippen LogP contribution in [0.2, 0.25) is 0 Å². The molecule has 0 aliphatic rings. The lowest BCUT2D eigenvalue weighted by atomic mass is 9.88. The van der Waals surface area contributed by atoms with Gasteiger partial charge in [0.15, 0.2) is 0 Å². The van der Waals surface area contributed by atoms with Crippen molar-refractivity contribution in [2.75, 3.05) is 0 Å². The summed E-state index contributed by atoms with van der Waals surface area (Å²) in [4.78, 5) is 11.6. The highest BCUT2D eigenvalue weighted by atomic mass is 19.4. The van der Waals surface area contributed by atoms with E-state index in [9.17, 15) is 22.0 Å². The van der Waals surface area contributed by atoms with Crippen molar-refractivity contribution in [3.8, 4) is 34.0 Å². The number of nitrogens with one attached hydrogen (secondary N) is 1. The molecule has 0 aliphatic heterocycles. The lowest BCUT2D eigenvalue weighted by molar-refractivity contribution is -0.137. The number of H-pyrrole nitrogens is 1. The molecule has 0 radical (unpaired) electrons. The van der Waals surface area contributed by atoms with Crippen molar-refractivity contribution in [1.29, 1.82) is 0 Å². The van der Waals surface area contributed by atoms with Gasteiger partial charge in [0.1, 0.15) is 23.2 Å². The maximum atomic E-state index is 14.7. The zero-order valence-electron chi connectivity index (χ0n) is 19.0. The molecule has 0 amide bonds. The van der Waals surface area contributed by atoms with E-state index < -0.39 is 28.9 Å². The molecule has 0 aliphatic carbocycles. The molecule has 2 heterocycles. The van der Waals surface area contributed by atoms with E-state index in [0.717, 1.165) is 18.2 Å². The molecule has 0 saturated carbocycles. The van der Waals surface area contributed by atoms with Gasteiger partial charge in [-0.1, -0.05) is 26.8 Å². The normalized spacial score (nSPS) is 13.3. The summed E-state index contributed by atoms with van der Waals surface area (Å²) in [6, 6.07) is 8.17. The van der Waals surface area contributed by atoms with Crippen LogP contribution >= 0.6 is 0 Å². The number of aromatic amines is 1. The fraction of sp³-hybridized carbons (Fsp3) is 0.280. The summed E-state index contributed by atoms with van der Waals surface area (Å²) < 4.78 is 71.0. The summed E-state index contributed by atoms with van der Waals surface area (Å²) in [6.07, 6.45) is -1.40. The third-order valence-corrected chi connectivity index (χ3v) is 5.94. The fourth-order valence-electron chi connectivity index (χ4n) is 3.62. The zero-order chi connectivity index (χ0) is 24.8. The second-order valence-electron chi connectivity index (χ2n) is 9.22. The van der Waals surface area contributed by atoms with E-state index in [1.807, 2.05) is 11.5 Å². The van der Waals surface area contributed by atoms with Gasteiger partial charge in [0, 0.05) is 17.8 Å². The Morgan fingerprint density at radius 1 is 0.971 bits per heavy atom. The highest BCUT2D eigenvalue weighted by molar-refractivity contribution is 5.80. The predicted molar refractivity (Wildman–Crippen MR) is 120 cm³/mol. The highest BCUT2D eigenvalue weighted by Gasteiger charge is 2.36. The molecule has 0 unspecified atom stereocenters. The molecule has 2 aromatic heterocycles. The molecule has 0 fully saturated rings. The maximum Gasteiger partial charge on any atom is 0.417 e. The van der Waals surface area contributed by atoms with Crippen LogP contribution in [-0.2, 0) is 6.18 Å². The second kappa shape index (κ2) is 8.38. The first-order valence-electron chi connectivity index (χ1n) is 10.6. The summed E-state index contributed by atoms with van der Waals surface area (Å²) in [7, 11) is 0. The van der Waals surface area contributed by atoms with Crippen molar-refractivity contribution in [2.24, 2.45) is 5.41 Å². The first-order chi connectivity index (χ1) is 15.9. The Kier molecular flexibility index (Phi) is 5.83. The minimum atomic E-state index is -4.79. The van der Waals surface area contributed by atoms with Crippen LogP contribution < -0.4 is 0 Å². The van der Waals surface area contributed by atoms with Crippen molar-refractivity contribution in [3.63, 3.8) is 0 Å². The van der Waals surface area contributed by atoms with E-state index in [0.29, 0.717) is 17.0 Å². The van der Waals surface area contributed by atoms with Crippen LogP contribution in [0.4, 0.5) is 22.0 Å². The number of imidazole rings is 2. The van der Waals surface area contributed by atoms with Crippen molar-refractivity contribution in [2.45, 2.75) is 39.9 Å². The fourth-order valence-corrected chi connectivity index (χ4v) is 3.62. The Morgan fingerprint density at radius 2 is 1.65 bits per heavy atom. The number of hydrogen-bond donors (Lipinski definition) is 1. The van der Waals surface area contributed by atoms with Crippen LogP contribution in [-0.4, -0.2) is 19.5 Å². The van der Waals surface area contributed by atoms with Crippen molar-refractivity contribution in [3.05, 3.63) is 72.2 Å². The second-order valence-corrected chi connectivity index (χ2v) is 9.22. The topological polar surface area (TPSA) is 46.5 Å². The number of hydrogen-bond acceptors (Lipinski definition) is 2. The quantitative estimate of drug-likeness (QED) is 0.311. The maximum absolute atomic E-state index is 14.7. The lowest BCUT2D eigenvalue weighted by Gasteiger charge is -2.28. The van der Waals surface area contributed by atoms with Crippen LogP contribution in [0, 0.1) is 17.0 Å². The van der Waals surface area contributed by atoms with Gasteiger partial charge >= 0.3 is 6.18 Å². The average molecular weight is 474 g/mol. The lowest BCUT2D eigenvalue weighted by Crippen LogP contribution is -2.20. The SMILES string of the molecule is C[C@@H](n1cnc(-c2[nH]c(-c3c(F)cccc3C(F)(F)F)nc2-c2ccc(F)cc2)c1)C(C)(C)C. The number of alkyl halides is 3. The van der Waals surface area contributed by atoms with Crippen LogP contribution in [0.15, 0.2) is 55.0 Å². The molecular formula is C25H23F5N4. The van der Waals surface area contributed by atoms with Gasteiger partial charge in [-0.3, -0.25) is 0 Å². The van der Waals surface area contributed by atoms with Gasteiger partial charge in [0.2, 0.25) is 0 Å². The monoisotopic (exact) mass is 474 g/mol. The third kappa shape index (κ3) is 4.47. The summed E-state index contributed by atoms with van der Waals surface area (Å²) >= 11 is 0. The molecule has 9 heteroatoms. The van der Waals surface area contributed by atoms with Gasteiger partial charge in [-0.05, 0) is 48.7 Å². The first-order valence-corrected chi connectivity index (χ1v) is 10.6. The van der Waals surface area contributed by atoms with Crippen LogP contribution in [0.1, 0.15) is 39.3 Å². The molecule has 4 nitrogen and oxygen atoms in total. The summed E-state index contributed by atoms with van der Waals surface area (Å²) in [6.45, 7) is 8.25. The average Bonchev–Trinajstić information content (AvgIpc) is 3.39. The summed E-state index contributed by atoms with van der Waals surface area (Å²) in [5.74, 6) is -1.83. The Balaban J connectivity index is 1.92.